The standard InChI is InChI=1S/C24H20N4O3S/c1-16-11-13-17(14-12-16)32(30,31)27-20-8-4-3-7-18(20)23(29)19(15-25)24-26-21-9-5-6-10-22(21)28(24)2/h3-14,27,29H,1-2H3. The first-order valence-electron chi connectivity index (χ1n) is 9.76. The number of nitriles is 1. The second-order valence-corrected chi connectivity index (χ2v) is 8.97. The van der Waals surface area contributed by atoms with E-state index >= 15 is 0 Å². The topological polar surface area (TPSA) is 108 Å². The van der Waals surface area contributed by atoms with Crippen LogP contribution in [0, 0.1) is 18.3 Å². The summed E-state index contributed by atoms with van der Waals surface area (Å²) in [4.78, 5) is 4.57. The van der Waals surface area contributed by atoms with Crippen molar-refractivity contribution in [3.8, 4) is 6.07 Å². The van der Waals surface area contributed by atoms with Crippen LogP contribution in [-0.4, -0.2) is 23.1 Å². The molecule has 0 unspecified atom stereocenters. The Morgan fingerprint density at radius 3 is 2.38 bits per heavy atom. The molecule has 0 saturated heterocycles. The molecule has 0 spiro atoms. The molecular formula is C24H20N4O3S. The van der Waals surface area contributed by atoms with Crippen molar-refractivity contribution in [1.29, 1.82) is 5.26 Å². The van der Waals surface area contributed by atoms with E-state index in [1.807, 2.05) is 37.3 Å². The molecule has 0 fully saturated rings. The fourth-order valence-electron chi connectivity index (χ4n) is 3.41. The van der Waals surface area contributed by atoms with Crippen LogP contribution < -0.4 is 4.72 Å². The molecule has 160 valence electrons. The molecule has 7 nitrogen and oxygen atoms in total. The van der Waals surface area contributed by atoms with Crippen LogP contribution in [0.4, 0.5) is 5.69 Å². The number of nitrogens with one attached hydrogen (secondary N) is 1. The fourth-order valence-corrected chi connectivity index (χ4v) is 4.49. The van der Waals surface area contributed by atoms with E-state index in [-0.39, 0.29) is 33.3 Å². The molecule has 1 heterocycles. The SMILES string of the molecule is Cc1ccc(S(=O)(=O)Nc2ccccc2C(O)=C(C#N)c2nc3ccccc3n2C)cc1. The zero-order chi connectivity index (χ0) is 22.9. The molecule has 32 heavy (non-hydrogen) atoms. The molecule has 0 radical (unpaired) electrons. The summed E-state index contributed by atoms with van der Waals surface area (Å²) in [5.74, 6) is -0.0875. The van der Waals surface area contributed by atoms with Crippen molar-refractivity contribution in [2.45, 2.75) is 11.8 Å². The van der Waals surface area contributed by atoms with E-state index < -0.39 is 10.0 Å². The number of benzene rings is 3. The van der Waals surface area contributed by atoms with Crippen molar-refractivity contribution in [1.82, 2.24) is 9.55 Å². The maximum Gasteiger partial charge on any atom is 0.261 e. The summed E-state index contributed by atoms with van der Waals surface area (Å²) in [7, 11) is -2.15. The van der Waals surface area contributed by atoms with Crippen LogP contribution in [0.3, 0.4) is 0 Å². The first-order chi connectivity index (χ1) is 15.3. The highest BCUT2D eigenvalue weighted by atomic mass is 32.2. The van der Waals surface area contributed by atoms with E-state index in [0.717, 1.165) is 11.1 Å². The number of aliphatic hydroxyl groups excluding tert-OH is 1. The second kappa shape index (κ2) is 8.21. The number of fused-ring (bicyclic) bond motifs is 1. The number of imidazole rings is 1. The number of anilines is 1. The van der Waals surface area contributed by atoms with Crippen molar-refractivity contribution in [2.75, 3.05) is 4.72 Å². The molecule has 0 aliphatic rings. The van der Waals surface area contributed by atoms with E-state index in [4.69, 9.17) is 0 Å². The zero-order valence-corrected chi connectivity index (χ0v) is 18.3. The number of aryl methyl sites for hydroxylation is 2. The first-order valence-corrected chi connectivity index (χ1v) is 11.2. The van der Waals surface area contributed by atoms with Crippen LogP contribution >= 0.6 is 0 Å². The highest BCUT2D eigenvalue weighted by Gasteiger charge is 2.21. The summed E-state index contributed by atoms with van der Waals surface area (Å²) >= 11 is 0. The van der Waals surface area contributed by atoms with Crippen molar-refractivity contribution in [2.24, 2.45) is 7.05 Å². The highest BCUT2D eigenvalue weighted by molar-refractivity contribution is 7.92. The van der Waals surface area contributed by atoms with Gasteiger partial charge in [-0.3, -0.25) is 4.72 Å². The van der Waals surface area contributed by atoms with Crippen molar-refractivity contribution in [3.63, 3.8) is 0 Å². The van der Waals surface area contributed by atoms with E-state index in [1.54, 1.807) is 41.9 Å². The van der Waals surface area contributed by atoms with E-state index in [9.17, 15) is 18.8 Å². The lowest BCUT2D eigenvalue weighted by atomic mass is 10.1. The van der Waals surface area contributed by atoms with E-state index in [0.29, 0.717) is 5.52 Å². The molecule has 3 aromatic carbocycles. The molecule has 8 heteroatoms. The van der Waals surface area contributed by atoms with Gasteiger partial charge in [0.05, 0.1) is 21.6 Å². The highest BCUT2D eigenvalue weighted by Crippen LogP contribution is 2.31. The normalized spacial score (nSPS) is 12.3. The number of aliphatic hydroxyl groups is 1. The van der Waals surface area contributed by atoms with Gasteiger partial charge in [-0.15, -0.1) is 0 Å². The van der Waals surface area contributed by atoms with Gasteiger partial charge in [0.15, 0.2) is 5.82 Å². The monoisotopic (exact) mass is 444 g/mol. The average Bonchev–Trinajstić information content (AvgIpc) is 3.11. The Balaban J connectivity index is 1.81. The van der Waals surface area contributed by atoms with Crippen molar-refractivity contribution < 1.29 is 13.5 Å². The molecule has 0 aliphatic heterocycles. The third-order valence-corrected chi connectivity index (χ3v) is 6.50. The van der Waals surface area contributed by atoms with Gasteiger partial charge in [-0.05, 0) is 43.3 Å². The Morgan fingerprint density at radius 2 is 1.69 bits per heavy atom. The van der Waals surface area contributed by atoms with Gasteiger partial charge in [0, 0.05) is 12.6 Å². The molecule has 0 amide bonds. The van der Waals surface area contributed by atoms with Gasteiger partial charge in [-0.2, -0.15) is 5.26 Å². The minimum atomic E-state index is -3.90. The largest absolute Gasteiger partial charge is 0.506 e. The fraction of sp³-hybridized carbons (Fsp3) is 0.0833. The Kier molecular flexibility index (Phi) is 5.43. The van der Waals surface area contributed by atoms with E-state index in [1.165, 1.54) is 18.2 Å². The number of allylic oxidation sites excluding steroid dienone is 1. The summed E-state index contributed by atoms with van der Waals surface area (Å²) < 4.78 is 30.0. The number of sulfonamides is 1. The minimum Gasteiger partial charge on any atom is -0.506 e. The van der Waals surface area contributed by atoms with E-state index in [2.05, 4.69) is 9.71 Å². The molecule has 0 bridgehead atoms. The van der Waals surface area contributed by atoms with Crippen LogP contribution in [-0.2, 0) is 17.1 Å². The average molecular weight is 445 g/mol. The van der Waals surface area contributed by atoms with Crippen LogP contribution in [0.5, 0.6) is 0 Å². The number of para-hydroxylation sites is 3. The molecule has 1 aromatic heterocycles. The molecule has 4 aromatic rings. The predicted octanol–water partition coefficient (Wildman–Crippen LogP) is 4.63. The predicted molar refractivity (Wildman–Crippen MR) is 124 cm³/mol. The van der Waals surface area contributed by atoms with Crippen LogP contribution in [0.2, 0.25) is 0 Å². The first kappa shape index (κ1) is 21.2. The summed E-state index contributed by atoms with van der Waals surface area (Å²) in [5.41, 5.74) is 2.68. The Morgan fingerprint density at radius 1 is 1.03 bits per heavy atom. The molecule has 0 aliphatic carbocycles. The molecular weight excluding hydrogens is 424 g/mol. The molecule has 2 N–H and O–H groups in total. The lowest BCUT2D eigenvalue weighted by Gasteiger charge is -2.13. The number of hydrogen-bond donors (Lipinski definition) is 2. The van der Waals surface area contributed by atoms with Crippen LogP contribution in [0.1, 0.15) is 17.0 Å². The van der Waals surface area contributed by atoms with Gasteiger partial charge in [0.25, 0.3) is 10.0 Å². The summed E-state index contributed by atoms with van der Waals surface area (Å²) in [6.45, 7) is 1.87. The Labute approximate surface area is 185 Å². The lowest BCUT2D eigenvalue weighted by molar-refractivity contribution is 0.514. The van der Waals surface area contributed by atoms with Gasteiger partial charge >= 0.3 is 0 Å². The number of rotatable bonds is 5. The summed E-state index contributed by atoms with van der Waals surface area (Å²) in [6, 6.07) is 22.2. The van der Waals surface area contributed by atoms with Gasteiger partial charge in [-0.25, -0.2) is 13.4 Å². The maximum absolute atomic E-state index is 12.9. The Hall–Kier alpha value is -4.09. The quantitative estimate of drug-likeness (QED) is 0.345. The summed E-state index contributed by atoms with van der Waals surface area (Å²) in [5, 5.41) is 20.9. The second-order valence-electron chi connectivity index (χ2n) is 7.28. The number of aromatic nitrogens is 2. The molecule has 0 saturated carbocycles. The summed E-state index contributed by atoms with van der Waals surface area (Å²) in [6.07, 6.45) is 0. The lowest BCUT2D eigenvalue weighted by Crippen LogP contribution is -2.14. The maximum atomic E-state index is 12.9. The number of hydrogen-bond acceptors (Lipinski definition) is 5. The van der Waals surface area contributed by atoms with Gasteiger partial charge in [0.2, 0.25) is 0 Å². The third kappa shape index (κ3) is 3.82. The van der Waals surface area contributed by atoms with Gasteiger partial charge in [0.1, 0.15) is 17.4 Å². The van der Waals surface area contributed by atoms with Crippen molar-refractivity contribution in [3.05, 3.63) is 89.7 Å². The molecule has 4 rings (SSSR count). The van der Waals surface area contributed by atoms with Gasteiger partial charge < -0.3 is 9.67 Å². The Bertz CT molecular complexity index is 1490. The minimum absolute atomic E-state index is 0.0642. The third-order valence-electron chi connectivity index (χ3n) is 5.12. The van der Waals surface area contributed by atoms with Gasteiger partial charge in [-0.1, -0.05) is 42.0 Å². The smallest absolute Gasteiger partial charge is 0.261 e. The molecule has 0 atom stereocenters. The zero-order valence-electron chi connectivity index (χ0n) is 17.4. The van der Waals surface area contributed by atoms with Crippen LogP contribution in [0.15, 0.2) is 77.7 Å². The van der Waals surface area contributed by atoms with Crippen LogP contribution in [0.25, 0.3) is 22.4 Å². The number of nitrogens with zero attached hydrogens (tertiary/aromatic N) is 3. The van der Waals surface area contributed by atoms with Crippen molar-refractivity contribution >= 4 is 38.1 Å².